The van der Waals surface area contributed by atoms with Crippen molar-refractivity contribution in [3.8, 4) is 0 Å². The van der Waals surface area contributed by atoms with E-state index in [0.717, 1.165) is 19.3 Å². The third kappa shape index (κ3) is 3.95. The lowest BCUT2D eigenvalue weighted by atomic mass is 10.0. The molecule has 0 spiro atoms. The van der Waals surface area contributed by atoms with Crippen molar-refractivity contribution in [2.45, 2.75) is 25.3 Å². The first-order valence-corrected chi connectivity index (χ1v) is 6.27. The molecule has 0 aliphatic heterocycles. The van der Waals surface area contributed by atoms with Gasteiger partial charge in [-0.15, -0.1) is 0 Å². The average molecular weight is 241 g/mol. The predicted octanol–water partition coefficient (Wildman–Crippen LogP) is 2.09. The van der Waals surface area contributed by atoms with E-state index in [1.54, 1.807) is 6.20 Å². The van der Waals surface area contributed by atoms with Crippen LogP contribution in [-0.2, 0) is 12.8 Å². The smallest absolute Gasteiger partial charge is 0.0299 e. The summed E-state index contributed by atoms with van der Waals surface area (Å²) in [6.07, 6.45) is 6.67. The van der Waals surface area contributed by atoms with Crippen molar-refractivity contribution in [1.29, 1.82) is 0 Å². The Balaban J connectivity index is 1.86. The number of nitrogens with two attached hydrogens (primary N) is 1. The van der Waals surface area contributed by atoms with Gasteiger partial charge in [0.2, 0.25) is 0 Å². The van der Waals surface area contributed by atoms with E-state index in [-0.39, 0.29) is 0 Å². The summed E-state index contributed by atoms with van der Waals surface area (Å²) in [6.45, 7) is 0. The molecule has 1 heterocycles. The molecule has 1 aromatic carbocycles. The van der Waals surface area contributed by atoms with Crippen LogP contribution in [0.3, 0.4) is 0 Å². The lowest BCUT2D eigenvalue weighted by Crippen LogP contribution is -2.37. The van der Waals surface area contributed by atoms with Crippen molar-refractivity contribution in [2.75, 3.05) is 0 Å². The van der Waals surface area contributed by atoms with Crippen LogP contribution < -0.4 is 11.3 Å². The van der Waals surface area contributed by atoms with Crippen LogP contribution in [0.5, 0.6) is 0 Å². The second-order valence-corrected chi connectivity index (χ2v) is 4.45. The Morgan fingerprint density at radius 3 is 2.50 bits per heavy atom. The zero-order valence-corrected chi connectivity index (χ0v) is 10.4. The molecule has 1 aromatic heterocycles. The van der Waals surface area contributed by atoms with Crippen LogP contribution >= 0.6 is 0 Å². The van der Waals surface area contributed by atoms with Crippen LogP contribution in [0, 0.1) is 0 Å². The first kappa shape index (κ1) is 12.7. The van der Waals surface area contributed by atoms with Gasteiger partial charge in [0.1, 0.15) is 0 Å². The fraction of sp³-hybridized carbons (Fsp3) is 0.267. The summed E-state index contributed by atoms with van der Waals surface area (Å²) in [4.78, 5) is 4.12. The van der Waals surface area contributed by atoms with Gasteiger partial charge < -0.3 is 0 Å². The summed E-state index contributed by atoms with van der Waals surface area (Å²) < 4.78 is 0. The number of hydrazine groups is 1. The van der Waals surface area contributed by atoms with Crippen LogP contribution in [0.2, 0.25) is 0 Å². The van der Waals surface area contributed by atoms with E-state index in [0.29, 0.717) is 6.04 Å². The lowest BCUT2D eigenvalue weighted by Gasteiger charge is -2.15. The number of rotatable bonds is 6. The van der Waals surface area contributed by atoms with Crippen molar-refractivity contribution < 1.29 is 0 Å². The number of aryl methyl sites for hydroxylation is 1. The maximum atomic E-state index is 5.62. The van der Waals surface area contributed by atoms with E-state index < -0.39 is 0 Å². The maximum absolute atomic E-state index is 5.62. The SMILES string of the molecule is NNC(CCc1cccnc1)Cc1ccccc1. The standard InChI is InChI=1S/C15H19N3/c16-18-15(11-13-5-2-1-3-6-13)9-8-14-7-4-10-17-12-14/h1-7,10,12,15,18H,8-9,11,16H2. The van der Waals surface area contributed by atoms with Crippen molar-refractivity contribution in [2.24, 2.45) is 5.84 Å². The lowest BCUT2D eigenvalue weighted by molar-refractivity contribution is 0.491. The largest absolute Gasteiger partial charge is 0.271 e. The predicted molar refractivity (Wildman–Crippen MR) is 73.8 cm³/mol. The molecule has 94 valence electrons. The van der Waals surface area contributed by atoms with Crippen molar-refractivity contribution in [1.82, 2.24) is 10.4 Å². The summed E-state index contributed by atoms with van der Waals surface area (Å²) in [6, 6.07) is 14.8. The summed E-state index contributed by atoms with van der Waals surface area (Å²) in [5.74, 6) is 5.62. The molecule has 3 nitrogen and oxygen atoms in total. The normalized spacial score (nSPS) is 12.3. The molecule has 0 fully saturated rings. The van der Waals surface area contributed by atoms with Crippen LogP contribution in [-0.4, -0.2) is 11.0 Å². The molecule has 2 aromatic rings. The molecule has 0 bridgehead atoms. The Morgan fingerprint density at radius 1 is 1.06 bits per heavy atom. The summed E-state index contributed by atoms with van der Waals surface area (Å²) in [7, 11) is 0. The molecule has 0 aliphatic carbocycles. The number of benzene rings is 1. The summed E-state index contributed by atoms with van der Waals surface area (Å²) in [5, 5.41) is 0. The van der Waals surface area contributed by atoms with E-state index in [2.05, 4.69) is 40.7 Å². The maximum Gasteiger partial charge on any atom is 0.0299 e. The van der Waals surface area contributed by atoms with E-state index >= 15 is 0 Å². The first-order chi connectivity index (χ1) is 8.88. The van der Waals surface area contributed by atoms with Gasteiger partial charge in [-0.25, -0.2) is 0 Å². The number of nitrogens with zero attached hydrogens (tertiary/aromatic N) is 1. The van der Waals surface area contributed by atoms with Gasteiger partial charge in [0.15, 0.2) is 0 Å². The van der Waals surface area contributed by atoms with Gasteiger partial charge in [-0.05, 0) is 36.5 Å². The molecule has 0 radical (unpaired) electrons. The Kier molecular flexibility index (Phi) is 4.88. The minimum Gasteiger partial charge on any atom is -0.271 e. The third-order valence-corrected chi connectivity index (χ3v) is 3.06. The Morgan fingerprint density at radius 2 is 1.83 bits per heavy atom. The van der Waals surface area contributed by atoms with E-state index in [9.17, 15) is 0 Å². The second kappa shape index (κ2) is 6.89. The molecular weight excluding hydrogens is 222 g/mol. The van der Waals surface area contributed by atoms with Crippen molar-refractivity contribution in [3.05, 3.63) is 66.0 Å². The van der Waals surface area contributed by atoms with Gasteiger partial charge in [-0.3, -0.25) is 16.3 Å². The highest BCUT2D eigenvalue weighted by Crippen LogP contribution is 2.08. The minimum absolute atomic E-state index is 0.299. The molecule has 3 N–H and O–H groups in total. The van der Waals surface area contributed by atoms with Crippen LogP contribution in [0.1, 0.15) is 17.5 Å². The van der Waals surface area contributed by atoms with E-state index in [1.165, 1.54) is 11.1 Å². The van der Waals surface area contributed by atoms with Gasteiger partial charge >= 0.3 is 0 Å². The molecule has 1 atom stereocenters. The van der Waals surface area contributed by atoms with E-state index in [4.69, 9.17) is 5.84 Å². The summed E-state index contributed by atoms with van der Waals surface area (Å²) in [5.41, 5.74) is 5.47. The second-order valence-electron chi connectivity index (χ2n) is 4.45. The van der Waals surface area contributed by atoms with Gasteiger partial charge in [0.25, 0.3) is 0 Å². The molecule has 0 aliphatic rings. The highest BCUT2D eigenvalue weighted by atomic mass is 15.2. The van der Waals surface area contributed by atoms with Gasteiger partial charge in [-0.1, -0.05) is 36.4 Å². The quantitative estimate of drug-likeness (QED) is 0.601. The number of nitrogens with one attached hydrogen (secondary N) is 1. The zero-order valence-electron chi connectivity index (χ0n) is 10.4. The molecule has 18 heavy (non-hydrogen) atoms. The third-order valence-electron chi connectivity index (χ3n) is 3.06. The molecule has 1 unspecified atom stereocenters. The van der Waals surface area contributed by atoms with Crippen LogP contribution in [0.15, 0.2) is 54.9 Å². The monoisotopic (exact) mass is 241 g/mol. The van der Waals surface area contributed by atoms with Crippen molar-refractivity contribution in [3.63, 3.8) is 0 Å². The van der Waals surface area contributed by atoms with Crippen molar-refractivity contribution >= 4 is 0 Å². The van der Waals surface area contributed by atoms with Gasteiger partial charge in [0, 0.05) is 18.4 Å². The highest BCUT2D eigenvalue weighted by Gasteiger charge is 2.07. The molecule has 3 heteroatoms. The van der Waals surface area contributed by atoms with E-state index in [1.807, 2.05) is 18.3 Å². The first-order valence-electron chi connectivity index (χ1n) is 6.27. The fourth-order valence-corrected chi connectivity index (χ4v) is 2.03. The Hall–Kier alpha value is -1.71. The fourth-order valence-electron chi connectivity index (χ4n) is 2.03. The Labute approximate surface area is 108 Å². The summed E-state index contributed by atoms with van der Waals surface area (Å²) >= 11 is 0. The number of aromatic nitrogens is 1. The minimum atomic E-state index is 0.299. The molecule has 2 rings (SSSR count). The molecule has 0 saturated carbocycles. The number of hydrogen-bond acceptors (Lipinski definition) is 3. The number of pyridine rings is 1. The molecule has 0 saturated heterocycles. The van der Waals surface area contributed by atoms with Gasteiger partial charge in [-0.2, -0.15) is 0 Å². The Bertz CT molecular complexity index is 442. The zero-order chi connectivity index (χ0) is 12.6. The number of hydrogen-bond donors (Lipinski definition) is 2. The van der Waals surface area contributed by atoms with Gasteiger partial charge in [0.05, 0.1) is 0 Å². The molecule has 0 amide bonds. The molecular formula is C15H19N3. The van der Waals surface area contributed by atoms with Crippen LogP contribution in [0.4, 0.5) is 0 Å². The highest BCUT2D eigenvalue weighted by molar-refractivity contribution is 5.16. The van der Waals surface area contributed by atoms with Crippen LogP contribution in [0.25, 0.3) is 0 Å². The average Bonchev–Trinajstić information content (AvgIpc) is 2.45. The topological polar surface area (TPSA) is 50.9 Å².